The molecule has 1 saturated carbocycles. The van der Waals surface area contributed by atoms with Crippen molar-refractivity contribution in [1.82, 2.24) is 25.5 Å². The minimum Gasteiger partial charge on any atom is -0.373 e. The lowest BCUT2D eigenvalue weighted by Crippen LogP contribution is -2.55. The molecule has 1 aromatic carbocycles. The van der Waals surface area contributed by atoms with Crippen LogP contribution >= 0.6 is 11.6 Å². The van der Waals surface area contributed by atoms with Gasteiger partial charge in [-0.25, -0.2) is 14.4 Å². The van der Waals surface area contributed by atoms with E-state index in [0.717, 1.165) is 37.0 Å². The van der Waals surface area contributed by atoms with E-state index >= 15 is 0 Å². The van der Waals surface area contributed by atoms with E-state index in [1.165, 1.54) is 18.5 Å². The molecule has 3 heterocycles. The van der Waals surface area contributed by atoms with Gasteiger partial charge in [0.1, 0.15) is 24.0 Å². The molecule has 2 fully saturated rings. The molecule has 3 N–H and O–H groups in total. The molecule has 0 radical (unpaired) electrons. The normalized spacial score (nSPS) is 22.0. The van der Waals surface area contributed by atoms with Gasteiger partial charge < -0.3 is 15.5 Å². The van der Waals surface area contributed by atoms with Crippen molar-refractivity contribution >= 4 is 40.0 Å². The van der Waals surface area contributed by atoms with Crippen LogP contribution in [0.25, 0.3) is 11.0 Å². The lowest BCUT2D eigenvalue weighted by Gasteiger charge is -2.38. The van der Waals surface area contributed by atoms with Crippen molar-refractivity contribution in [3.63, 3.8) is 0 Å². The van der Waals surface area contributed by atoms with Crippen LogP contribution in [0.5, 0.6) is 0 Å². The Hall–Kier alpha value is -2.94. The Morgan fingerprint density at radius 2 is 2.12 bits per heavy atom. The molecule has 5 rings (SSSR count). The Bertz CT molecular complexity index is 1110. The minimum atomic E-state index is -0.429. The number of anilines is 2. The average Bonchev–Trinajstić information content (AvgIpc) is 3.48. The highest BCUT2D eigenvalue weighted by Gasteiger charge is 2.38. The van der Waals surface area contributed by atoms with Crippen LogP contribution in [0.2, 0.25) is 5.02 Å². The number of hydrogen-bond acceptors (Lipinski definition) is 6. The zero-order valence-electron chi connectivity index (χ0n) is 17.7. The summed E-state index contributed by atoms with van der Waals surface area (Å²) in [6, 6.07) is 3.80. The molecule has 1 unspecified atom stereocenters. The third kappa shape index (κ3) is 4.34. The van der Waals surface area contributed by atoms with Crippen molar-refractivity contribution in [2.45, 2.75) is 38.3 Å². The zero-order valence-corrected chi connectivity index (χ0v) is 18.4. The van der Waals surface area contributed by atoms with E-state index in [-0.39, 0.29) is 17.9 Å². The number of H-pyrrole nitrogens is 1. The van der Waals surface area contributed by atoms with Crippen LogP contribution in [0, 0.1) is 17.7 Å². The van der Waals surface area contributed by atoms with Gasteiger partial charge in [-0.3, -0.25) is 9.89 Å². The number of carbonyl (C=O) groups excluding carboxylic acids is 1. The summed E-state index contributed by atoms with van der Waals surface area (Å²) in [5, 5.41) is 14.6. The van der Waals surface area contributed by atoms with E-state index < -0.39 is 11.9 Å². The lowest BCUT2D eigenvalue weighted by atomic mass is 9.92. The van der Waals surface area contributed by atoms with Crippen molar-refractivity contribution < 1.29 is 9.18 Å². The first-order valence-corrected chi connectivity index (χ1v) is 11.3. The molecule has 0 bridgehead atoms. The number of piperidine rings is 1. The highest BCUT2D eigenvalue weighted by molar-refractivity contribution is 6.30. The molecule has 10 heteroatoms. The van der Waals surface area contributed by atoms with Crippen molar-refractivity contribution in [2.24, 2.45) is 11.8 Å². The fourth-order valence-electron chi connectivity index (χ4n) is 4.37. The van der Waals surface area contributed by atoms with Crippen LogP contribution in [-0.4, -0.2) is 51.2 Å². The lowest BCUT2D eigenvalue weighted by molar-refractivity contribution is -0.123. The molecule has 1 saturated heterocycles. The third-order valence-corrected chi connectivity index (χ3v) is 6.59. The summed E-state index contributed by atoms with van der Waals surface area (Å²) in [5.74, 6) is 0.880. The van der Waals surface area contributed by atoms with E-state index in [1.807, 2.05) is 0 Å². The van der Waals surface area contributed by atoms with Gasteiger partial charge in [-0.15, -0.1) is 0 Å². The zero-order chi connectivity index (χ0) is 22.2. The average molecular weight is 458 g/mol. The van der Waals surface area contributed by atoms with Crippen LogP contribution in [-0.2, 0) is 4.79 Å². The molecular weight excluding hydrogens is 433 g/mol. The maximum atomic E-state index is 13.8. The first-order valence-electron chi connectivity index (χ1n) is 10.9. The molecular formula is C22H25ClFN7O. The fourth-order valence-corrected chi connectivity index (χ4v) is 4.59. The second-order valence-electron chi connectivity index (χ2n) is 8.77. The summed E-state index contributed by atoms with van der Waals surface area (Å²) in [5.41, 5.74) is 1.21. The number of nitrogens with zero attached hydrogens (tertiary/aromatic N) is 4. The van der Waals surface area contributed by atoms with Crippen LogP contribution in [0.3, 0.4) is 0 Å². The number of fused-ring (bicyclic) bond motifs is 1. The fraction of sp³-hybridized carbons (Fsp3) is 0.455. The highest BCUT2D eigenvalue weighted by Crippen LogP contribution is 2.35. The topological polar surface area (TPSA) is 98.8 Å². The summed E-state index contributed by atoms with van der Waals surface area (Å²) < 4.78 is 13.8. The molecule has 0 spiro atoms. The SMILES string of the molecule is C[C@@H]1CCN(c2ncnc3[nH]ncc23)C[C@@H]1NC(=O)C(Nc1cc(F)cc(Cl)c1)C1CC1. The Kier molecular flexibility index (Phi) is 5.58. The summed E-state index contributed by atoms with van der Waals surface area (Å²) in [7, 11) is 0. The van der Waals surface area contributed by atoms with E-state index in [4.69, 9.17) is 11.6 Å². The number of aromatic amines is 1. The van der Waals surface area contributed by atoms with E-state index in [1.54, 1.807) is 12.3 Å². The van der Waals surface area contributed by atoms with Crippen molar-refractivity contribution in [1.29, 1.82) is 0 Å². The van der Waals surface area contributed by atoms with Gasteiger partial charge in [0, 0.05) is 29.8 Å². The molecule has 1 aliphatic heterocycles. The number of amides is 1. The van der Waals surface area contributed by atoms with Crippen LogP contribution in [0.15, 0.2) is 30.7 Å². The Morgan fingerprint density at radius 1 is 1.28 bits per heavy atom. The molecule has 1 amide bonds. The van der Waals surface area contributed by atoms with E-state index in [0.29, 0.717) is 28.8 Å². The number of nitrogens with one attached hydrogen (secondary N) is 3. The predicted molar refractivity (Wildman–Crippen MR) is 121 cm³/mol. The quantitative estimate of drug-likeness (QED) is 0.525. The summed E-state index contributed by atoms with van der Waals surface area (Å²) in [6.45, 7) is 3.64. The van der Waals surface area contributed by atoms with Gasteiger partial charge in [-0.05, 0) is 49.3 Å². The molecule has 1 aliphatic carbocycles. The second-order valence-corrected chi connectivity index (χ2v) is 9.21. The van der Waals surface area contributed by atoms with Crippen molar-refractivity contribution in [3.05, 3.63) is 41.6 Å². The Labute approximate surface area is 189 Å². The molecule has 32 heavy (non-hydrogen) atoms. The monoisotopic (exact) mass is 457 g/mol. The molecule has 2 aliphatic rings. The largest absolute Gasteiger partial charge is 0.373 e. The first kappa shape index (κ1) is 20.9. The minimum absolute atomic E-state index is 0.0349. The number of hydrogen-bond donors (Lipinski definition) is 3. The Morgan fingerprint density at radius 3 is 2.91 bits per heavy atom. The number of halogens is 2. The molecule has 2 aromatic heterocycles. The standard InChI is InChI=1S/C22H25ClFN7O/c1-12-4-5-31(21-17-9-27-30-20(17)25-11-26-21)10-18(12)29-22(32)19(13-2-3-13)28-16-7-14(23)6-15(24)8-16/h6-9,11-13,18-19,28H,2-5,10H2,1H3,(H,29,32)(H,25,26,27,30)/t12-,18+,19?/m1/s1. The summed E-state index contributed by atoms with van der Waals surface area (Å²) in [6.07, 6.45) is 6.13. The van der Waals surface area contributed by atoms with Crippen molar-refractivity contribution in [3.8, 4) is 0 Å². The van der Waals surface area contributed by atoms with Crippen LogP contribution in [0.4, 0.5) is 15.9 Å². The van der Waals surface area contributed by atoms with Gasteiger partial charge >= 0.3 is 0 Å². The van der Waals surface area contributed by atoms with E-state index in [2.05, 4.69) is 42.6 Å². The third-order valence-electron chi connectivity index (χ3n) is 6.37. The van der Waals surface area contributed by atoms with Gasteiger partial charge in [0.25, 0.3) is 0 Å². The summed E-state index contributed by atoms with van der Waals surface area (Å²) >= 11 is 5.99. The number of aromatic nitrogens is 4. The molecule has 168 valence electrons. The number of benzene rings is 1. The highest BCUT2D eigenvalue weighted by atomic mass is 35.5. The molecule has 3 aromatic rings. The maximum absolute atomic E-state index is 13.8. The smallest absolute Gasteiger partial charge is 0.243 e. The maximum Gasteiger partial charge on any atom is 0.243 e. The van der Waals surface area contributed by atoms with Gasteiger partial charge in [-0.2, -0.15) is 5.10 Å². The van der Waals surface area contributed by atoms with Crippen molar-refractivity contribution in [2.75, 3.05) is 23.3 Å². The summed E-state index contributed by atoms with van der Waals surface area (Å²) in [4.78, 5) is 24.1. The predicted octanol–water partition coefficient (Wildman–Crippen LogP) is 3.37. The Balaban J connectivity index is 1.31. The van der Waals surface area contributed by atoms with Crippen LogP contribution < -0.4 is 15.5 Å². The van der Waals surface area contributed by atoms with Gasteiger partial charge in [0.05, 0.1) is 11.6 Å². The first-order chi connectivity index (χ1) is 15.5. The van der Waals surface area contributed by atoms with Gasteiger partial charge in [0.2, 0.25) is 5.91 Å². The van der Waals surface area contributed by atoms with Gasteiger partial charge in [0.15, 0.2) is 5.65 Å². The number of rotatable bonds is 6. The second kappa shape index (κ2) is 8.54. The van der Waals surface area contributed by atoms with Crippen LogP contribution in [0.1, 0.15) is 26.2 Å². The number of carbonyl (C=O) groups is 1. The molecule has 8 nitrogen and oxygen atoms in total. The molecule has 3 atom stereocenters. The van der Waals surface area contributed by atoms with Gasteiger partial charge in [-0.1, -0.05) is 18.5 Å². The van der Waals surface area contributed by atoms with E-state index in [9.17, 15) is 9.18 Å².